The van der Waals surface area contributed by atoms with Crippen molar-refractivity contribution in [3.63, 3.8) is 0 Å². The molecule has 2 unspecified atom stereocenters. The van der Waals surface area contributed by atoms with Crippen LogP contribution in [0, 0.1) is 12.8 Å². The van der Waals surface area contributed by atoms with Crippen LogP contribution in [0.4, 0.5) is 0 Å². The standard InChI is InChI=1S/C20H23NO5S/c1-15-10-12-17(13-11-15)27(24,25)21-14-6-9-18(20(23)26-2)19(22)16-7-4-3-5-8-16/h3-13,18-19,21-22H,14H2,1-2H3/b9-6+. The number of hydrogen-bond donors (Lipinski definition) is 2. The van der Waals surface area contributed by atoms with E-state index in [4.69, 9.17) is 4.74 Å². The van der Waals surface area contributed by atoms with Gasteiger partial charge in [0.15, 0.2) is 0 Å². The van der Waals surface area contributed by atoms with Gasteiger partial charge in [0.05, 0.1) is 18.1 Å². The Kier molecular flexibility index (Phi) is 7.29. The average Bonchev–Trinajstić information content (AvgIpc) is 2.68. The summed E-state index contributed by atoms with van der Waals surface area (Å²) < 4.78 is 31.7. The Balaban J connectivity index is 2.06. The number of aryl methyl sites for hydroxylation is 1. The number of nitrogens with one attached hydrogen (secondary N) is 1. The van der Waals surface area contributed by atoms with E-state index in [1.54, 1.807) is 42.5 Å². The zero-order valence-corrected chi connectivity index (χ0v) is 16.0. The number of rotatable bonds is 8. The third-order valence-corrected chi connectivity index (χ3v) is 5.46. The van der Waals surface area contributed by atoms with Crippen molar-refractivity contribution in [1.29, 1.82) is 0 Å². The van der Waals surface area contributed by atoms with Crippen molar-refractivity contribution in [3.8, 4) is 0 Å². The third-order valence-electron chi connectivity index (χ3n) is 4.02. The minimum atomic E-state index is -3.65. The molecule has 6 nitrogen and oxygen atoms in total. The number of benzene rings is 2. The van der Waals surface area contributed by atoms with Crippen LogP contribution in [0.2, 0.25) is 0 Å². The minimum Gasteiger partial charge on any atom is -0.468 e. The molecule has 0 spiro atoms. The van der Waals surface area contributed by atoms with Crippen LogP contribution in [0.5, 0.6) is 0 Å². The predicted octanol–water partition coefficient (Wildman–Crippen LogP) is 2.35. The number of hydrogen-bond acceptors (Lipinski definition) is 5. The fourth-order valence-corrected chi connectivity index (χ4v) is 3.46. The number of aliphatic hydroxyl groups excluding tert-OH is 1. The number of ether oxygens (including phenoxy) is 1. The Bertz CT molecular complexity index is 876. The molecule has 0 aromatic heterocycles. The molecule has 2 rings (SSSR count). The first-order valence-corrected chi connectivity index (χ1v) is 9.87. The van der Waals surface area contributed by atoms with Crippen molar-refractivity contribution >= 4 is 16.0 Å². The number of sulfonamides is 1. The Hall–Kier alpha value is -2.48. The van der Waals surface area contributed by atoms with E-state index in [-0.39, 0.29) is 11.4 Å². The Morgan fingerprint density at radius 3 is 2.37 bits per heavy atom. The van der Waals surface area contributed by atoms with E-state index < -0.39 is 28.0 Å². The average molecular weight is 389 g/mol. The maximum Gasteiger partial charge on any atom is 0.315 e. The summed E-state index contributed by atoms with van der Waals surface area (Å²) in [6.45, 7) is 1.85. The Morgan fingerprint density at radius 1 is 1.15 bits per heavy atom. The summed E-state index contributed by atoms with van der Waals surface area (Å²) in [5, 5.41) is 10.5. The normalized spacial score (nSPS) is 14.0. The van der Waals surface area contributed by atoms with Crippen LogP contribution in [0.1, 0.15) is 17.2 Å². The summed E-state index contributed by atoms with van der Waals surface area (Å²) >= 11 is 0. The number of esters is 1. The molecule has 144 valence electrons. The number of carbonyl (C=O) groups is 1. The monoisotopic (exact) mass is 389 g/mol. The van der Waals surface area contributed by atoms with E-state index in [0.29, 0.717) is 5.56 Å². The van der Waals surface area contributed by atoms with E-state index in [0.717, 1.165) is 5.56 Å². The smallest absolute Gasteiger partial charge is 0.315 e. The summed E-state index contributed by atoms with van der Waals surface area (Å²) in [6, 6.07) is 15.2. The van der Waals surface area contributed by atoms with Gasteiger partial charge >= 0.3 is 5.97 Å². The molecular weight excluding hydrogens is 366 g/mol. The molecule has 2 N–H and O–H groups in total. The predicted molar refractivity (Wildman–Crippen MR) is 102 cm³/mol. The second kappa shape index (κ2) is 9.45. The minimum absolute atomic E-state index is 0.0226. The molecule has 0 aliphatic carbocycles. The van der Waals surface area contributed by atoms with Gasteiger partial charge in [-0.25, -0.2) is 13.1 Å². The van der Waals surface area contributed by atoms with Gasteiger partial charge < -0.3 is 9.84 Å². The lowest BCUT2D eigenvalue weighted by Gasteiger charge is -2.18. The zero-order valence-electron chi connectivity index (χ0n) is 15.2. The Morgan fingerprint density at radius 2 is 1.78 bits per heavy atom. The van der Waals surface area contributed by atoms with Crippen molar-refractivity contribution in [2.45, 2.75) is 17.9 Å². The molecule has 0 amide bonds. The van der Waals surface area contributed by atoms with Gasteiger partial charge in [-0.15, -0.1) is 0 Å². The van der Waals surface area contributed by atoms with Crippen LogP contribution in [0.3, 0.4) is 0 Å². The first-order valence-electron chi connectivity index (χ1n) is 8.39. The van der Waals surface area contributed by atoms with Crippen LogP contribution < -0.4 is 4.72 Å². The second-order valence-electron chi connectivity index (χ2n) is 6.00. The van der Waals surface area contributed by atoms with Crippen LogP contribution in [0.25, 0.3) is 0 Å². The van der Waals surface area contributed by atoms with Crippen molar-refractivity contribution in [2.24, 2.45) is 5.92 Å². The lowest BCUT2D eigenvalue weighted by Crippen LogP contribution is -2.25. The van der Waals surface area contributed by atoms with Crippen LogP contribution in [-0.4, -0.2) is 33.1 Å². The molecular formula is C20H23NO5S. The highest BCUT2D eigenvalue weighted by Gasteiger charge is 2.26. The van der Waals surface area contributed by atoms with Crippen LogP contribution >= 0.6 is 0 Å². The Labute approximate surface area is 159 Å². The molecule has 0 fully saturated rings. The summed E-state index contributed by atoms with van der Waals surface area (Å²) in [6.07, 6.45) is 1.84. The first kappa shape index (κ1) is 20.8. The molecule has 27 heavy (non-hydrogen) atoms. The molecule has 0 aliphatic heterocycles. The zero-order chi connectivity index (χ0) is 19.9. The van der Waals surface area contributed by atoms with Crippen LogP contribution in [0.15, 0.2) is 71.6 Å². The molecule has 0 saturated carbocycles. The van der Waals surface area contributed by atoms with Gasteiger partial charge in [0.2, 0.25) is 10.0 Å². The third kappa shape index (κ3) is 5.75. The quantitative estimate of drug-likeness (QED) is 0.534. The summed E-state index contributed by atoms with van der Waals surface area (Å²) in [5.74, 6) is -1.55. The number of aliphatic hydroxyl groups is 1. The molecule has 0 saturated heterocycles. The van der Waals surface area contributed by atoms with Crippen molar-refractivity contribution in [1.82, 2.24) is 4.72 Å². The van der Waals surface area contributed by atoms with Gasteiger partial charge in [-0.1, -0.05) is 60.2 Å². The van der Waals surface area contributed by atoms with E-state index in [1.807, 2.05) is 6.92 Å². The molecule has 7 heteroatoms. The molecule has 2 aromatic rings. The number of carbonyl (C=O) groups excluding carboxylic acids is 1. The lowest BCUT2D eigenvalue weighted by molar-refractivity contribution is -0.147. The summed E-state index contributed by atoms with van der Waals surface area (Å²) in [5.41, 5.74) is 1.53. The molecule has 0 aliphatic rings. The van der Waals surface area contributed by atoms with Crippen molar-refractivity contribution < 1.29 is 23.1 Å². The van der Waals surface area contributed by atoms with E-state index >= 15 is 0 Å². The van der Waals surface area contributed by atoms with Gasteiger partial charge in [-0.2, -0.15) is 0 Å². The lowest BCUT2D eigenvalue weighted by atomic mass is 9.95. The van der Waals surface area contributed by atoms with Gasteiger partial charge in [-0.3, -0.25) is 4.79 Å². The molecule has 0 heterocycles. The van der Waals surface area contributed by atoms with Gasteiger partial charge in [0.25, 0.3) is 0 Å². The molecule has 0 radical (unpaired) electrons. The van der Waals surface area contributed by atoms with Gasteiger partial charge in [0, 0.05) is 6.54 Å². The van der Waals surface area contributed by atoms with E-state index in [9.17, 15) is 18.3 Å². The molecule has 2 atom stereocenters. The maximum atomic E-state index is 12.2. The van der Waals surface area contributed by atoms with Crippen molar-refractivity contribution in [2.75, 3.05) is 13.7 Å². The number of methoxy groups -OCH3 is 1. The first-order chi connectivity index (χ1) is 12.8. The highest BCUT2D eigenvalue weighted by atomic mass is 32.2. The molecule has 2 aromatic carbocycles. The summed E-state index contributed by atoms with van der Waals surface area (Å²) in [4.78, 5) is 12.2. The second-order valence-corrected chi connectivity index (χ2v) is 7.76. The SMILES string of the molecule is COC(=O)C(/C=C/CNS(=O)(=O)c1ccc(C)cc1)C(O)c1ccccc1. The van der Waals surface area contributed by atoms with E-state index in [1.165, 1.54) is 31.4 Å². The fourth-order valence-electron chi connectivity index (χ4n) is 2.48. The highest BCUT2D eigenvalue weighted by Crippen LogP contribution is 2.24. The molecule has 0 bridgehead atoms. The largest absolute Gasteiger partial charge is 0.468 e. The van der Waals surface area contributed by atoms with Crippen molar-refractivity contribution in [3.05, 3.63) is 77.9 Å². The fraction of sp³-hybridized carbons (Fsp3) is 0.250. The maximum absolute atomic E-state index is 12.2. The topological polar surface area (TPSA) is 92.7 Å². The van der Waals surface area contributed by atoms with E-state index in [2.05, 4.69) is 4.72 Å². The summed E-state index contributed by atoms with van der Waals surface area (Å²) in [7, 11) is -2.42. The van der Waals surface area contributed by atoms with Gasteiger partial charge in [-0.05, 0) is 24.6 Å². The van der Waals surface area contributed by atoms with Gasteiger partial charge in [0.1, 0.15) is 5.92 Å². The van der Waals surface area contributed by atoms with Crippen LogP contribution in [-0.2, 0) is 19.6 Å². The highest BCUT2D eigenvalue weighted by molar-refractivity contribution is 7.89.